The van der Waals surface area contributed by atoms with Crippen LogP contribution in [0.3, 0.4) is 0 Å². The number of nitrogens with zero attached hydrogens (tertiary/aromatic N) is 3. The summed E-state index contributed by atoms with van der Waals surface area (Å²) < 4.78 is 4.62. The van der Waals surface area contributed by atoms with E-state index in [4.69, 9.17) is 0 Å². The zero-order valence-corrected chi connectivity index (χ0v) is 11.0. The van der Waals surface area contributed by atoms with Crippen LogP contribution in [0.2, 0.25) is 0 Å². The lowest BCUT2D eigenvalue weighted by molar-refractivity contribution is 0.0586. The third-order valence-electron chi connectivity index (χ3n) is 2.61. The first-order chi connectivity index (χ1) is 9.10. The van der Waals surface area contributed by atoms with Gasteiger partial charge in [-0.1, -0.05) is 0 Å². The lowest BCUT2D eigenvalue weighted by Crippen LogP contribution is -2.13. The van der Waals surface area contributed by atoms with Crippen molar-refractivity contribution in [3.05, 3.63) is 35.5 Å². The molecule has 0 aliphatic carbocycles. The number of aryl methyl sites for hydroxylation is 1. The molecule has 2 N–H and O–H groups in total. The van der Waals surface area contributed by atoms with Gasteiger partial charge in [-0.15, -0.1) is 0 Å². The van der Waals surface area contributed by atoms with Crippen LogP contribution in [-0.2, 0) is 4.74 Å². The van der Waals surface area contributed by atoms with Crippen LogP contribution in [-0.4, -0.2) is 33.2 Å². The molecule has 0 aromatic carbocycles. The van der Waals surface area contributed by atoms with E-state index >= 15 is 0 Å². The maximum Gasteiger partial charge on any atom is 0.376 e. The normalized spacial score (nSPS) is 11.9. The van der Waals surface area contributed by atoms with Gasteiger partial charge in [-0.05, 0) is 13.8 Å². The highest BCUT2D eigenvalue weighted by atomic mass is 16.5. The van der Waals surface area contributed by atoms with Crippen molar-refractivity contribution >= 4 is 11.8 Å². The average molecular weight is 261 g/mol. The van der Waals surface area contributed by atoms with Gasteiger partial charge in [0.1, 0.15) is 5.82 Å². The Hall–Kier alpha value is -2.44. The maximum absolute atomic E-state index is 11.4. The largest absolute Gasteiger partial charge is 0.463 e. The zero-order valence-electron chi connectivity index (χ0n) is 11.0. The van der Waals surface area contributed by atoms with Crippen molar-refractivity contribution in [3.8, 4) is 0 Å². The predicted octanol–water partition coefficient (Wildman–Crippen LogP) is 1.47. The molecule has 7 heteroatoms. The van der Waals surface area contributed by atoms with Crippen LogP contribution in [0.1, 0.15) is 34.8 Å². The van der Waals surface area contributed by atoms with E-state index in [0.717, 1.165) is 5.56 Å². The predicted molar refractivity (Wildman–Crippen MR) is 68.7 cm³/mol. The van der Waals surface area contributed by atoms with E-state index in [1.54, 1.807) is 25.4 Å². The Morgan fingerprint density at radius 1 is 1.47 bits per heavy atom. The second kappa shape index (κ2) is 5.47. The van der Waals surface area contributed by atoms with Gasteiger partial charge in [-0.2, -0.15) is 5.10 Å². The molecule has 0 saturated heterocycles. The quantitative estimate of drug-likeness (QED) is 0.809. The Morgan fingerprint density at radius 3 is 2.89 bits per heavy atom. The van der Waals surface area contributed by atoms with E-state index in [1.807, 2.05) is 6.92 Å². The first-order valence-corrected chi connectivity index (χ1v) is 5.79. The summed E-state index contributed by atoms with van der Waals surface area (Å²) in [5.41, 5.74) is 1.69. The number of rotatable bonds is 4. The smallest absolute Gasteiger partial charge is 0.376 e. The number of esters is 1. The molecule has 1 unspecified atom stereocenters. The highest BCUT2D eigenvalue weighted by molar-refractivity contribution is 5.85. The summed E-state index contributed by atoms with van der Waals surface area (Å²) in [5.74, 6) is 0.0636. The first kappa shape index (κ1) is 13.0. The molecule has 0 aliphatic heterocycles. The number of nitrogens with one attached hydrogen (secondary N) is 2. The second-order valence-corrected chi connectivity index (χ2v) is 4.11. The zero-order chi connectivity index (χ0) is 13.8. The van der Waals surface area contributed by atoms with Crippen molar-refractivity contribution < 1.29 is 9.53 Å². The molecule has 1 atom stereocenters. The van der Waals surface area contributed by atoms with Gasteiger partial charge in [0.05, 0.1) is 19.3 Å². The second-order valence-electron chi connectivity index (χ2n) is 4.11. The van der Waals surface area contributed by atoms with Crippen molar-refractivity contribution in [2.75, 3.05) is 12.4 Å². The fourth-order valence-electron chi connectivity index (χ4n) is 1.63. The number of aromatic nitrogens is 4. The highest BCUT2D eigenvalue weighted by Gasteiger charge is 2.13. The summed E-state index contributed by atoms with van der Waals surface area (Å²) in [6.07, 6.45) is 3.53. The molecule has 0 bridgehead atoms. The lowest BCUT2D eigenvalue weighted by Gasteiger charge is -2.13. The van der Waals surface area contributed by atoms with Gasteiger partial charge in [0.2, 0.25) is 5.82 Å². The molecule has 0 fully saturated rings. The van der Waals surface area contributed by atoms with Gasteiger partial charge in [0.25, 0.3) is 0 Å². The minimum atomic E-state index is -0.553. The number of H-pyrrole nitrogens is 1. The third-order valence-corrected chi connectivity index (χ3v) is 2.61. The first-order valence-electron chi connectivity index (χ1n) is 5.79. The van der Waals surface area contributed by atoms with Crippen LogP contribution in [0.15, 0.2) is 18.5 Å². The molecular weight excluding hydrogens is 246 g/mol. The maximum atomic E-state index is 11.4. The number of aromatic amines is 1. The molecule has 2 heterocycles. The molecule has 2 aromatic rings. The fraction of sp³-hybridized carbons (Fsp3) is 0.333. The van der Waals surface area contributed by atoms with Crippen molar-refractivity contribution in [2.24, 2.45) is 0 Å². The van der Waals surface area contributed by atoms with Crippen LogP contribution < -0.4 is 5.32 Å². The number of hydrogen-bond donors (Lipinski definition) is 2. The molecular formula is C12H15N5O2. The van der Waals surface area contributed by atoms with Gasteiger partial charge < -0.3 is 10.1 Å². The SMILES string of the molecule is COC(=O)c1nc(C)cc(NC(C)c2cn[nH]c2)n1. The van der Waals surface area contributed by atoms with Crippen LogP contribution in [0, 0.1) is 6.92 Å². The molecule has 0 aliphatic rings. The van der Waals surface area contributed by atoms with Crippen LogP contribution in [0.4, 0.5) is 5.82 Å². The minimum Gasteiger partial charge on any atom is -0.463 e. The van der Waals surface area contributed by atoms with E-state index in [2.05, 4.69) is 30.2 Å². The van der Waals surface area contributed by atoms with Crippen LogP contribution in [0.25, 0.3) is 0 Å². The number of carbonyl (C=O) groups excluding carboxylic acids is 1. The summed E-state index contributed by atoms with van der Waals surface area (Å²) >= 11 is 0. The summed E-state index contributed by atoms with van der Waals surface area (Å²) in [4.78, 5) is 19.6. The fourth-order valence-corrected chi connectivity index (χ4v) is 1.63. The third kappa shape index (κ3) is 3.06. The number of methoxy groups -OCH3 is 1. The van der Waals surface area contributed by atoms with E-state index < -0.39 is 5.97 Å². The standard InChI is InChI=1S/C12H15N5O2/c1-7-4-10(17-11(15-7)12(18)19-3)16-8(2)9-5-13-14-6-9/h4-6,8H,1-3H3,(H,13,14)(H,15,16,17). The number of carbonyl (C=O) groups is 1. The van der Waals surface area contributed by atoms with Gasteiger partial charge in [0, 0.05) is 23.5 Å². The number of ether oxygens (including phenoxy) is 1. The lowest BCUT2D eigenvalue weighted by atomic mass is 10.2. The Morgan fingerprint density at radius 2 is 2.26 bits per heavy atom. The van der Waals surface area contributed by atoms with E-state index in [1.165, 1.54) is 7.11 Å². The molecule has 2 rings (SSSR count). The molecule has 0 saturated carbocycles. The van der Waals surface area contributed by atoms with Crippen molar-refractivity contribution in [1.29, 1.82) is 0 Å². The van der Waals surface area contributed by atoms with E-state index in [-0.39, 0.29) is 11.9 Å². The molecule has 7 nitrogen and oxygen atoms in total. The number of anilines is 1. The van der Waals surface area contributed by atoms with Gasteiger partial charge in [-0.3, -0.25) is 5.10 Å². The molecule has 100 valence electrons. The molecule has 2 aromatic heterocycles. The number of hydrogen-bond acceptors (Lipinski definition) is 6. The summed E-state index contributed by atoms with van der Waals surface area (Å²) in [7, 11) is 1.30. The van der Waals surface area contributed by atoms with E-state index in [9.17, 15) is 4.79 Å². The van der Waals surface area contributed by atoms with Crippen molar-refractivity contribution in [3.63, 3.8) is 0 Å². The Bertz CT molecular complexity index is 568. The molecule has 0 radical (unpaired) electrons. The Kier molecular flexibility index (Phi) is 3.74. The van der Waals surface area contributed by atoms with Gasteiger partial charge >= 0.3 is 5.97 Å². The van der Waals surface area contributed by atoms with Crippen LogP contribution in [0.5, 0.6) is 0 Å². The van der Waals surface area contributed by atoms with Crippen molar-refractivity contribution in [1.82, 2.24) is 20.2 Å². The molecule has 19 heavy (non-hydrogen) atoms. The summed E-state index contributed by atoms with van der Waals surface area (Å²) in [5, 5.41) is 9.82. The molecule has 0 spiro atoms. The monoisotopic (exact) mass is 261 g/mol. The topological polar surface area (TPSA) is 92.8 Å². The Labute approximate surface area is 110 Å². The van der Waals surface area contributed by atoms with Gasteiger partial charge in [-0.25, -0.2) is 14.8 Å². The minimum absolute atomic E-state index is 0.0125. The van der Waals surface area contributed by atoms with Crippen LogP contribution >= 0.6 is 0 Å². The molecule has 0 amide bonds. The van der Waals surface area contributed by atoms with Crippen molar-refractivity contribution in [2.45, 2.75) is 19.9 Å². The van der Waals surface area contributed by atoms with Gasteiger partial charge in [0.15, 0.2) is 0 Å². The summed E-state index contributed by atoms with van der Waals surface area (Å²) in [6.45, 7) is 3.77. The average Bonchev–Trinajstić information content (AvgIpc) is 2.91. The summed E-state index contributed by atoms with van der Waals surface area (Å²) in [6, 6.07) is 1.78. The Balaban J connectivity index is 2.20. The van der Waals surface area contributed by atoms with E-state index in [0.29, 0.717) is 11.5 Å². The highest BCUT2D eigenvalue weighted by Crippen LogP contribution is 2.17.